The van der Waals surface area contributed by atoms with Crippen LogP contribution in [0.1, 0.15) is 15.9 Å². The third kappa shape index (κ3) is 6.05. The Bertz CT molecular complexity index is 847. The van der Waals surface area contributed by atoms with Crippen LogP contribution in [0.2, 0.25) is 0 Å². The maximum atomic E-state index is 12.3. The number of carbonyl (C=O) groups is 3. The third-order valence-corrected chi connectivity index (χ3v) is 4.69. The van der Waals surface area contributed by atoms with Crippen LogP contribution in [0.3, 0.4) is 0 Å². The van der Waals surface area contributed by atoms with Crippen molar-refractivity contribution >= 4 is 23.6 Å². The molecule has 1 heterocycles. The Hall–Kier alpha value is -3.39. The Morgan fingerprint density at radius 3 is 2.21 bits per heavy atom. The van der Waals surface area contributed by atoms with E-state index in [1.54, 1.807) is 4.90 Å². The molecule has 3 rings (SSSR count). The number of rotatable bonds is 6. The Labute approximate surface area is 169 Å². The fraction of sp³-hybridized carbons (Fsp3) is 0.286. The van der Waals surface area contributed by atoms with Crippen molar-refractivity contribution in [2.24, 2.45) is 5.73 Å². The molecule has 8 heteroatoms. The number of hydrogen-bond donors (Lipinski definition) is 2. The molecular formula is C21H24N4O4. The summed E-state index contributed by atoms with van der Waals surface area (Å²) >= 11 is 0. The van der Waals surface area contributed by atoms with Crippen molar-refractivity contribution in [3.63, 3.8) is 0 Å². The number of nitrogens with two attached hydrogens (primary N) is 1. The summed E-state index contributed by atoms with van der Waals surface area (Å²) in [6, 6.07) is 15.6. The summed E-state index contributed by atoms with van der Waals surface area (Å²) in [6.07, 6.45) is 0. The van der Waals surface area contributed by atoms with E-state index in [1.807, 2.05) is 18.2 Å². The molecule has 0 spiro atoms. The molecular weight excluding hydrogens is 372 g/mol. The predicted molar refractivity (Wildman–Crippen MR) is 108 cm³/mol. The number of anilines is 1. The van der Waals surface area contributed by atoms with E-state index < -0.39 is 12.0 Å². The fourth-order valence-corrected chi connectivity index (χ4v) is 3.13. The van der Waals surface area contributed by atoms with Crippen LogP contribution >= 0.6 is 0 Å². The molecule has 3 amide bonds. The van der Waals surface area contributed by atoms with Gasteiger partial charge in [0, 0.05) is 38.4 Å². The maximum absolute atomic E-state index is 12.3. The van der Waals surface area contributed by atoms with Gasteiger partial charge in [0.05, 0.1) is 5.56 Å². The second-order valence-electron chi connectivity index (χ2n) is 6.79. The van der Waals surface area contributed by atoms with Crippen LogP contribution in [0.5, 0.6) is 0 Å². The number of ether oxygens (including phenoxy) is 1. The summed E-state index contributed by atoms with van der Waals surface area (Å²) in [5, 5.41) is 2.40. The van der Waals surface area contributed by atoms with Crippen molar-refractivity contribution in [3.05, 3.63) is 65.7 Å². The number of esters is 1. The normalized spacial score (nSPS) is 14.3. The predicted octanol–water partition coefficient (Wildman–Crippen LogP) is 1.68. The van der Waals surface area contributed by atoms with Crippen LogP contribution in [0.25, 0.3) is 0 Å². The lowest BCUT2D eigenvalue weighted by atomic mass is 10.2. The summed E-state index contributed by atoms with van der Waals surface area (Å²) in [5.74, 6) is -0.795. The molecule has 1 fully saturated rings. The van der Waals surface area contributed by atoms with Gasteiger partial charge in [-0.05, 0) is 29.8 Å². The molecule has 0 saturated carbocycles. The van der Waals surface area contributed by atoms with E-state index in [9.17, 15) is 14.4 Å². The molecule has 1 aliphatic rings. The van der Waals surface area contributed by atoms with E-state index in [0.29, 0.717) is 24.3 Å². The van der Waals surface area contributed by atoms with Crippen molar-refractivity contribution < 1.29 is 19.1 Å². The minimum absolute atomic E-state index is 0.204. The van der Waals surface area contributed by atoms with E-state index >= 15 is 0 Å². The topological polar surface area (TPSA) is 105 Å². The highest BCUT2D eigenvalue weighted by Gasteiger charge is 2.22. The largest absolute Gasteiger partial charge is 0.452 e. The molecule has 0 aromatic heterocycles. The standard InChI is InChI=1S/C21H24N4O4/c22-21(28)23-18-8-6-17(7-9-18)20(27)29-15-19(26)25-12-10-24(11-13-25)14-16-4-2-1-3-5-16/h1-9H,10-15H2,(H3,22,23,28). The van der Waals surface area contributed by atoms with Crippen LogP contribution in [0, 0.1) is 0 Å². The summed E-state index contributed by atoms with van der Waals surface area (Å²) in [4.78, 5) is 39.3. The number of amides is 3. The Morgan fingerprint density at radius 1 is 0.931 bits per heavy atom. The van der Waals surface area contributed by atoms with Gasteiger partial charge in [0.15, 0.2) is 6.61 Å². The molecule has 2 aromatic carbocycles. The highest BCUT2D eigenvalue weighted by atomic mass is 16.5. The summed E-state index contributed by atoms with van der Waals surface area (Å²) < 4.78 is 5.13. The molecule has 0 atom stereocenters. The Morgan fingerprint density at radius 2 is 1.59 bits per heavy atom. The first-order chi connectivity index (χ1) is 14.0. The van der Waals surface area contributed by atoms with Crippen LogP contribution in [0.15, 0.2) is 54.6 Å². The first-order valence-corrected chi connectivity index (χ1v) is 9.39. The first-order valence-electron chi connectivity index (χ1n) is 9.39. The molecule has 0 unspecified atom stereocenters. The van der Waals surface area contributed by atoms with Gasteiger partial charge in [0.2, 0.25) is 0 Å². The van der Waals surface area contributed by atoms with Crippen molar-refractivity contribution in [1.82, 2.24) is 9.80 Å². The van der Waals surface area contributed by atoms with Gasteiger partial charge in [0.25, 0.3) is 5.91 Å². The van der Waals surface area contributed by atoms with Gasteiger partial charge in [-0.15, -0.1) is 0 Å². The Kier molecular flexibility index (Phi) is 6.80. The molecule has 3 N–H and O–H groups in total. The zero-order valence-corrected chi connectivity index (χ0v) is 16.0. The number of nitrogens with zero attached hydrogens (tertiary/aromatic N) is 2. The third-order valence-electron chi connectivity index (χ3n) is 4.69. The monoisotopic (exact) mass is 396 g/mol. The molecule has 2 aromatic rings. The second kappa shape index (κ2) is 9.70. The number of primary amides is 1. The Balaban J connectivity index is 1.41. The van der Waals surface area contributed by atoms with Crippen molar-refractivity contribution in [2.45, 2.75) is 6.54 Å². The molecule has 0 bridgehead atoms. The number of benzene rings is 2. The van der Waals surface area contributed by atoms with Gasteiger partial charge in [0.1, 0.15) is 0 Å². The number of hydrogen-bond acceptors (Lipinski definition) is 5. The van der Waals surface area contributed by atoms with Gasteiger partial charge >= 0.3 is 12.0 Å². The summed E-state index contributed by atoms with van der Waals surface area (Å²) in [6.45, 7) is 3.34. The quantitative estimate of drug-likeness (QED) is 0.723. The molecule has 1 aliphatic heterocycles. The average Bonchev–Trinajstić information content (AvgIpc) is 2.73. The highest BCUT2D eigenvalue weighted by Crippen LogP contribution is 2.11. The zero-order chi connectivity index (χ0) is 20.6. The van der Waals surface area contributed by atoms with Gasteiger partial charge in [-0.25, -0.2) is 9.59 Å². The van der Waals surface area contributed by atoms with Crippen LogP contribution < -0.4 is 11.1 Å². The SMILES string of the molecule is NC(=O)Nc1ccc(C(=O)OCC(=O)N2CCN(Cc3ccccc3)CC2)cc1. The second-order valence-corrected chi connectivity index (χ2v) is 6.79. The minimum atomic E-state index is -0.685. The molecule has 1 saturated heterocycles. The maximum Gasteiger partial charge on any atom is 0.338 e. The lowest BCUT2D eigenvalue weighted by Crippen LogP contribution is -2.49. The van der Waals surface area contributed by atoms with Crippen LogP contribution in [0.4, 0.5) is 10.5 Å². The molecule has 8 nitrogen and oxygen atoms in total. The lowest BCUT2D eigenvalue weighted by Gasteiger charge is -2.34. The van der Waals surface area contributed by atoms with E-state index in [4.69, 9.17) is 10.5 Å². The van der Waals surface area contributed by atoms with Crippen LogP contribution in [-0.4, -0.2) is 60.5 Å². The zero-order valence-electron chi connectivity index (χ0n) is 16.0. The number of urea groups is 1. The number of piperazine rings is 1. The molecule has 29 heavy (non-hydrogen) atoms. The van der Waals surface area contributed by atoms with Gasteiger partial charge in [-0.3, -0.25) is 9.69 Å². The average molecular weight is 396 g/mol. The van der Waals surface area contributed by atoms with Crippen molar-refractivity contribution in [1.29, 1.82) is 0 Å². The fourth-order valence-electron chi connectivity index (χ4n) is 3.13. The number of carbonyl (C=O) groups excluding carboxylic acids is 3. The minimum Gasteiger partial charge on any atom is -0.452 e. The molecule has 0 radical (unpaired) electrons. The van der Waals surface area contributed by atoms with Crippen molar-refractivity contribution in [3.8, 4) is 0 Å². The smallest absolute Gasteiger partial charge is 0.338 e. The highest BCUT2D eigenvalue weighted by molar-refractivity contribution is 5.93. The lowest BCUT2D eigenvalue weighted by molar-refractivity contribution is -0.136. The van der Waals surface area contributed by atoms with Gasteiger partial charge in [-0.2, -0.15) is 0 Å². The molecule has 0 aliphatic carbocycles. The van der Waals surface area contributed by atoms with Crippen LogP contribution in [-0.2, 0) is 16.1 Å². The van der Waals surface area contributed by atoms with Gasteiger partial charge < -0.3 is 20.7 Å². The summed E-state index contributed by atoms with van der Waals surface area (Å²) in [5.41, 5.74) is 7.05. The van der Waals surface area contributed by atoms with E-state index in [1.165, 1.54) is 29.8 Å². The first kappa shape index (κ1) is 20.3. The van der Waals surface area contributed by atoms with E-state index in [0.717, 1.165) is 19.6 Å². The van der Waals surface area contributed by atoms with Gasteiger partial charge in [-0.1, -0.05) is 30.3 Å². The van der Waals surface area contributed by atoms with Crippen molar-refractivity contribution in [2.75, 3.05) is 38.1 Å². The summed E-state index contributed by atoms with van der Waals surface area (Å²) in [7, 11) is 0. The number of nitrogens with one attached hydrogen (secondary N) is 1. The van der Waals surface area contributed by atoms with E-state index in [2.05, 4.69) is 22.3 Å². The van der Waals surface area contributed by atoms with E-state index in [-0.39, 0.29) is 12.5 Å². The molecule has 152 valence electrons.